The third-order valence-electron chi connectivity index (χ3n) is 3.05. The second-order valence-electron chi connectivity index (χ2n) is 4.21. The summed E-state index contributed by atoms with van der Waals surface area (Å²) in [5.74, 6) is -0.309. The van der Waals surface area contributed by atoms with Gasteiger partial charge in [-0.05, 0) is 41.0 Å². The van der Waals surface area contributed by atoms with E-state index in [2.05, 4.69) is 6.07 Å². The van der Waals surface area contributed by atoms with Crippen molar-refractivity contribution >= 4 is 5.69 Å². The predicted octanol–water partition coefficient (Wildman–Crippen LogP) is 3.11. The van der Waals surface area contributed by atoms with Gasteiger partial charge in [-0.15, -0.1) is 0 Å². The molecule has 1 aliphatic rings. The maximum Gasteiger partial charge on any atom is 0.125 e. The summed E-state index contributed by atoms with van der Waals surface area (Å²) in [5, 5.41) is 0. The Labute approximate surface area is 98.8 Å². The first kappa shape index (κ1) is 10.3. The van der Waals surface area contributed by atoms with Crippen molar-refractivity contribution in [3.8, 4) is 11.1 Å². The van der Waals surface area contributed by atoms with E-state index in [4.69, 9.17) is 10.5 Å². The second kappa shape index (κ2) is 3.86. The van der Waals surface area contributed by atoms with Crippen molar-refractivity contribution < 1.29 is 9.13 Å². The van der Waals surface area contributed by atoms with E-state index in [9.17, 15) is 4.39 Å². The number of ether oxygens (including phenoxy) is 1. The molecule has 86 valence electrons. The van der Waals surface area contributed by atoms with Crippen molar-refractivity contribution in [2.75, 3.05) is 5.73 Å². The van der Waals surface area contributed by atoms with Gasteiger partial charge in [0.25, 0.3) is 0 Å². The molecule has 0 aliphatic carbocycles. The second-order valence-corrected chi connectivity index (χ2v) is 4.21. The molecule has 0 unspecified atom stereocenters. The van der Waals surface area contributed by atoms with Crippen LogP contribution < -0.4 is 5.73 Å². The van der Waals surface area contributed by atoms with Gasteiger partial charge < -0.3 is 10.5 Å². The molecule has 0 bridgehead atoms. The lowest BCUT2D eigenvalue weighted by atomic mass is 9.99. The lowest BCUT2D eigenvalue weighted by molar-refractivity contribution is 0.134. The van der Waals surface area contributed by atoms with Gasteiger partial charge in [-0.25, -0.2) is 4.39 Å². The van der Waals surface area contributed by atoms with Crippen molar-refractivity contribution in [1.29, 1.82) is 0 Å². The fraction of sp³-hybridized carbons (Fsp3) is 0.143. The molecule has 0 saturated heterocycles. The van der Waals surface area contributed by atoms with Crippen molar-refractivity contribution in [3.05, 3.63) is 53.3 Å². The van der Waals surface area contributed by atoms with Gasteiger partial charge in [0.05, 0.1) is 13.2 Å². The molecule has 2 aromatic carbocycles. The van der Waals surface area contributed by atoms with E-state index in [1.54, 1.807) is 6.07 Å². The Hall–Kier alpha value is -1.87. The molecule has 0 aromatic heterocycles. The molecule has 2 nitrogen and oxygen atoms in total. The third kappa shape index (κ3) is 1.78. The maximum absolute atomic E-state index is 13.0. The molecule has 0 amide bonds. The average Bonchev–Trinajstić information content (AvgIpc) is 2.75. The zero-order chi connectivity index (χ0) is 11.8. The van der Waals surface area contributed by atoms with Crippen LogP contribution in [0.3, 0.4) is 0 Å². The van der Waals surface area contributed by atoms with Gasteiger partial charge >= 0.3 is 0 Å². The van der Waals surface area contributed by atoms with Gasteiger partial charge in [-0.2, -0.15) is 0 Å². The molecule has 1 aliphatic heterocycles. The van der Waals surface area contributed by atoms with E-state index in [-0.39, 0.29) is 5.82 Å². The number of fused-ring (bicyclic) bond motifs is 1. The Bertz CT molecular complexity index is 580. The molecule has 2 aromatic rings. The first-order chi connectivity index (χ1) is 8.24. The van der Waals surface area contributed by atoms with Crippen LogP contribution in [0.1, 0.15) is 11.1 Å². The number of anilines is 1. The first-order valence-corrected chi connectivity index (χ1v) is 5.49. The monoisotopic (exact) mass is 229 g/mol. The number of nitrogen functional groups attached to an aromatic ring is 1. The summed E-state index contributed by atoms with van der Waals surface area (Å²) >= 11 is 0. The van der Waals surface area contributed by atoms with E-state index < -0.39 is 0 Å². The highest BCUT2D eigenvalue weighted by molar-refractivity contribution is 5.76. The van der Waals surface area contributed by atoms with Crippen molar-refractivity contribution in [1.82, 2.24) is 0 Å². The highest BCUT2D eigenvalue weighted by atomic mass is 19.1. The molecule has 0 fully saturated rings. The van der Waals surface area contributed by atoms with Crippen LogP contribution in [-0.4, -0.2) is 0 Å². The number of nitrogens with two attached hydrogens (primary N) is 1. The number of rotatable bonds is 1. The smallest absolute Gasteiger partial charge is 0.125 e. The minimum Gasteiger partial charge on any atom is -0.398 e. The van der Waals surface area contributed by atoms with E-state index in [0.717, 1.165) is 11.1 Å². The van der Waals surface area contributed by atoms with Crippen LogP contribution in [0.25, 0.3) is 11.1 Å². The number of hydrogen-bond donors (Lipinski definition) is 1. The number of hydrogen-bond acceptors (Lipinski definition) is 2. The van der Waals surface area contributed by atoms with Gasteiger partial charge in [0.2, 0.25) is 0 Å². The standard InChI is InChI=1S/C14H12FNO/c15-12-3-4-13(14(16)6-12)9-1-2-10-7-17-8-11(10)5-9/h1-6H,7-8,16H2. The van der Waals surface area contributed by atoms with Gasteiger partial charge in [0.1, 0.15) is 5.82 Å². The summed E-state index contributed by atoms with van der Waals surface area (Å²) in [6, 6.07) is 10.6. The van der Waals surface area contributed by atoms with Crippen LogP contribution in [0.2, 0.25) is 0 Å². The van der Waals surface area contributed by atoms with Crippen molar-refractivity contribution in [3.63, 3.8) is 0 Å². The molecular formula is C14H12FNO. The van der Waals surface area contributed by atoms with Crippen molar-refractivity contribution in [2.45, 2.75) is 13.2 Å². The predicted molar refractivity (Wildman–Crippen MR) is 64.7 cm³/mol. The zero-order valence-corrected chi connectivity index (χ0v) is 9.24. The van der Waals surface area contributed by atoms with E-state index in [0.29, 0.717) is 18.9 Å². The first-order valence-electron chi connectivity index (χ1n) is 5.49. The van der Waals surface area contributed by atoms with Gasteiger partial charge in [-0.3, -0.25) is 0 Å². The molecule has 2 N–H and O–H groups in total. The van der Waals surface area contributed by atoms with Crippen LogP contribution in [0.5, 0.6) is 0 Å². The molecule has 3 heteroatoms. The Morgan fingerprint density at radius 2 is 1.82 bits per heavy atom. The minimum absolute atomic E-state index is 0.309. The topological polar surface area (TPSA) is 35.2 Å². The number of benzene rings is 2. The van der Waals surface area contributed by atoms with Gasteiger partial charge in [0, 0.05) is 11.3 Å². The lowest BCUT2D eigenvalue weighted by Crippen LogP contribution is -1.92. The van der Waals surface area contributed by atoms with Crippen LogP contribution in [-0.2, 0) is 18.0 Å². The van der Waals surface area contributed by atoms with Crippen LogP contribution in [0, 0.1) is 5.82 Å². The molecule has 17 heavy (non-hydrogen) atoms. The minimum atomic E-state index is -0.309. The fourth-order valence-electron chi connectivity index (χ4n) is 2.14. The molecule has 0 saturated carbocycles. The Balaban J connectivity index is 2.09. The molecule has 3 rings (SSSR count). The quantitative estimate of drug-likeness (QED) is 0.762. The molecule has 0 radical (unpaired) electrons. The average molecular weight is 229 g/mol. The molecule has 0 atom stereocenters. The van der Waals surface area contributed by atoms with E-state index in [1.807, 2.05) is 12.1 Å². The van der Waals surface area contributed by atoms with Crippen molar-refractivity contribution in [2.24, 2.45) is 0 Å². The zero-order valence-electron chi connectivity index (χ0n) is 9.24. The highest BCUT2D eigenvalue weighted by Gasteiger charge is 2.12. The summed E-state index contributed by atoms with van der Waals surface area (Å²) in [6.07, 6.45) is 0. The highest BCUT2D eigenvalue weighted by Crippen LogP contribution is 2.30. The molecular weight excluding hydrogens is 217 g/mol. The van der Waals surface area contributed by atoms with Crippen LogP contribution in [0.4, 0.5) is 10.1 Å². The summed E-state index contributed by atoms with van der Waals surface area (Å²) in [4.78, 5) is 0. The Morgan fingerprint density at radius 3 is 2.65 bits per heavy atom. The van der Waals surface area contributed by atoms with Gasteiger partial charge in [-0.1, -0.05) is 12.1 Å². The summed E-state index contributed by atoms with van der Waals surface area (Å²) in [6.45, 7) is 1.32. The summed E-state index contributed by atoms with van der Waals surface area (Å²) in [7, 11) is 0. The van der Waals surface area contributed by atoms with E-state index in [1.165, 1.54) is 23.3 Å². The SMILES string of the molecule is Nc1cc(F)ccc1-c1ccc2c(c1)COC2. The molecule has 0 spiro atoms. The fourth-order valence-corrected chi connectivity index (χ4v) is 2.14. The number of halogens is 1. The van der Waals surface area contributed by atoms with E-state index >= 15 is 0 Å². The summed E-state index contributed by atoms with van der Waals surface area (Å²) in [5.41, 5.74) is 10.6. The largest absolute Gasteiger partial charge is 0.398 e. The van der Waals surface area contributed by atoms with Crippen LogP contribution in [0.15, 0.2) is 36.4 Å². The van der Waals surface area contributed by atoms with Crippen LogP contribution >= 0.6 is 0 Å². The third-order valence-corrected chi connectivity index (χ3v) is 3.05. The lowest BCUT2D eigenvalue weighted by Gasteiger charge is -2.07. The maximum atomic E-state index is 13.0. The Morgan fingerprint density at radius 1 is 1.00 bits per heavy atom. The molecule has 1 heterocycles. The normalized spacial score (nSPS) is 13.7. The van der Waals surface area contributed by atoms with Gasteiger partial charge in [0.15, 0.2) is 0 Å². The Kier molecular flexibility index (Phi) is 2.34. The summed E-state index contributed by atoms with van der Waals surface area (Å²) < 4.78 is 18.3.